The molecule has 20 heavy (non-hydrogen) atoms. The second-order valence-corrected chi connectivity index (χ2v) is 4.90. The molecular formula is C15H17N3O2. The van der Waals surface area contributed by atoms with Crippen molar-refractivity contribution in [2.24, 2.45) is 0 Å². The van der Waals surface area contributed by atoms with E-state index in [1.54, 1.807) is 6.07 Å². The number of nitrogens with zero attached hydrogens (tertiary/aromatic N) is 1. The fraction of sp³-hybridized carbons (Fsp3) is 0.267. The van der Waals surface area contributed by atoms with Crippen LogP contribution in [0.4, 0.5) is 5.69 Å². The molecule has 0 saturated heterocycles. The number of hydrogen-bond donors (Lipinski definition) is 2. The molecule has 2 rings (SSSR count). The second kappa shape index (κ2) is 5.28. The molecule has 104 valence electrons. The van der Waals surface area contributed by atoms with E-state index in [1.165, 1.54) is 6.92 Å². The van der Waals surface area contributed by atoms with E-state index in [2.05, 4.69) is 15.3 Å². The van der Waals surface area contributed by atoms with Crippen molar-refractivity contribution in [1.29, 1.82) is 0 Å². The maximum atomic E-state index is 11.8. The zero-order valence-corrected chi connectivity index (χ0v) is 12.0. The van der Waals surface area contributed by atoms with Gasteiger partial charge >= 0.3 is 0 Å². The summed E-state index contributed by atoms with van der Waals surface area (Å²) in [7, 11) is 0. The molecule has 0 atom stereocenters. The summed E-state index contributed by atoms with van der Waals surface area (Å²) in [6, 6.07) is 5.60. The molecule has 0 fully saturated rings. The van der Waals surface area contributed by atoms with Gasteiger partial charge in [-0.2, -0.15) is 0 Å². The topological polar surface area (TPSA) is 74.8 Å². The fourth-order valence-corrected chi connectivity index (χ4v) is 2.15. The lowest BCUT2D eigenvalue weighted by molar-refractivity contribution is -0.114. The lowest BCUT2D eigenvalue weighted by Crippen LogP contribution is -2.18. The molecule has 0 aliphatic carbocycles. The minimum atomic E-state index is -0.314. The normalized spacial score (nSPS) is 10.4. The Labute approximate surface area is 117 Å². The third-order valence-electron chi connectivity index (χ3n) is 2.92. The summed E-state index contributed by atoms with van der Waals surface area (Å²) in [5.74, 6) is -0.279. The number of aromatic nitrogens is 2. The van der Waals surface area contributed by atoms with Crippen molar-refractivity contribution < 1.29 is 4.79 Å². The third-order valence-corrected chi connectivity index (χ3v) is 2.92. The Kier molecular flexibility index (Phi) is 3.70. The first-order valence-corrected chi connectivity index (χ1v) is 6.34. The van der Waals surface area contributed by atoms with E-state index in [9.17, 15) is 9.59 Å². The van der Waals surface area contributed by atoms with Crippen LogP contribution in [0.2, 0.25) is 0 Å². The van der Waals surface area contributed by atoms with Gasteiger partial charge in [0, 0.05) is 23.9 Å². The van der Waals surface area contributed by atoms with Gasteiger partial charge in [-0.15, -0.1) is 0 Å². The number of carbonyl (C=O) groups excluding carboxylic acids is 1. The molecule has 0 aliphatic rings. The van der Waals surface area contributed by atoms with Crippen LogP contribution < -0.4 is 10.9 Å². The molecule has 0 aromatic carbocycles. The number of rotatable bonds is 2. The summed E-state index contributed by atoms with van der Waals surface area (Å²) in [5, 5.41) is 2.53. The van der Waals surface area contributed by atoms with Gasteiger partial charge < -0.3 is 10.3 Å². The van der Waals surface area contributed by atoms with Crippen molar-refractivity contribution >= 4 is 11.6 Å². The zero-order valence-electron chi connectivity index (χ0n) is 12.0. The van der Waals surface area contributed by atoms with Crippen LogP contribution in [0.3, 0.4) is 0 Å². The number of anilines is 1. The Balaban J connectivity index is 2.61. The highest BCUT2D eigenvalue weighted by atomic mass is 16.2. The van der Waals surface area contributed by atoms with Gasteiger partial charge in [0.15, 0.2) is 0 Å². The first kappa shape index (κ1) is 14.0. The van der Waals surface area contributed by atoms with Gasteiger partial charge in [0.2, 0.25) is 5.91 Å². The standard InChI is InChI=1S/C15H17N3O2/c1-8-5-9(2)16-13(6-8)12-7-14(18-11(4)19)15(20)17-10(12)3/h5-7H,1-4H3,(H,17,20)(H,18,19). The smallest absolute Gasteiger partial charge is 0.271 e. The van der Waals surface area contributed by atoms with E-state index < -0.39 is 0 Å². The van der Waals surface area contributed by atoms with Crippen LogP contribution in [0.5, 0.6) is 0 Å². The van der Waals surface area contributed by atoms with E-state index in [0.717, 1.165) is 28.2 Å². The van der Waals surface area contributed by atoms with Crippen LogP contribution in [-0.2, 0) is 4.79 Å². The average molecular weight is 271 g/mol. The molecule has 0 saturated carbocycles. The summed E-state index contributed by atoms with van der Waals surface area (Å²) >= 11 is 0. The molecule has 0 unspecified atom stereocenters. The first-order valence-electron chi connectivity index (χ1n) is 6.34. The molecule has 2 aromatic rings. The van der Waals surface area contributed by atoms with Crippen molar-refractivity contribution in [2.45, 2.75) is 27.7 Å². The van der Waals surface area contributed by atoms with Crippen molar-refractivity contribution in [2.75, 3.05) is 5.32 Å². The van der Waals surface area contributed by atoms with Gasteiger partial charge in [0.25, 0.3) is 5.56 Å². The monoisotopic (exact) mass is 271 g/mol. The number of amides is 1. The molecule has 0 bridgehead atoms. The predicted octanol–water partition coefficient (Wildman–Crippen LogP) is 2.32. The number of aromatic amines is 1. The quantitative estimate of drug-likeness (QED) is 0.880. The Morgan fingerprint density at radius 1 is 1.20 bits per heavy atom. The summed E-state index contributed by atoms with van der Waals surface area (Å²) in [6.45, 7) is 7.10. The molecular weight excluding hydrogens is 254 g/mol. The van der Waals surface area contributed by atoms with E-state index in [-0.39, 0.29) is 17.2 Å². The molecule has 2 heterocycles. The van der Waals surface area contributed by atoms with Crippen LogP contribution in [0.15, 0.2) is 23.0 Å². The van der Waals surface area contributed by atoms with Crippen LogP contribution in [-0.4, -0.2) is 15.9 Å². The summed E-state index contributed by atoms with van der Waals surface area (Å²) in [5.41, 5.74) is 4.24. The molecule has 5 heteroatoms. The predicted molar refractivity (Wildman–Crippen MR) is 78.8 cm³/mol. The van der Waals surface area contributed by atoms with Crippen LogP contribution in [0, 0.1) is 20.8 Å². The SMILES string of the molecule is CC(=O)Nc1cc(-c2cc(C)cc(C)n2)c(C)[nH]c1=O. The van der Waals surface area contributed by atoms with E-state index in [1.807, 2.05) is 32.9 Å². The number of aryl methyl sites for hydroxylation is 3. The lowest BCUT2D eigenvalue weighted by atomic mass is 10.1. The molecule has 1 amide bonds. The minimum Gasteiger partial charge on any atom is -0.324 e. The van der Waals surface area contributed by atoms with Crippen LogP contribution in [0.1, 0.15) is 23.9 Å². The van der Waals surface area contributed by atoms with Crippen molar-refractivity contribution in [3.63, 3.8) is 0 Å². The molecule has 0 spiro atoms. The first-order chi connectivity index (χ1) is 9.36. The van der Waals surface area contributed by atoms with E-state index in [4.69, 9.17) is 0 Å². The molecule has 2 aromatic heterocycles. The molecule has 2 N–H and O–H groups in total. The number of nitrogens with one attached hydrogen (secondary N) is 2. The molecule has 0 aliphatic heterocycles. The average Bonchev–Trinajstić information content (AvgIpc) is 2.30. The Morgan fingerprint density at radius 2 is 1.90 bits per heavy atom. The van der Waals surface area contributed by atoms with Gasteiger partial charge in [-0.3, -0.25) is 14.6 Å². The van der Waals surface area contributed by atoms with Gasteiger partial charge in [-0.1, -0.05) is 0 Å². The highest BCUT2D eigenvalue weighted by Gasteiger charge is 2.10. The second-order valence-electron chi connectivity index (χ2n) is 4.90. The largest absolute Gasteiger partial charge is 0.324 e. The number of carbonyl (C=O) groups is 1. The molecule has 0 radical (unpaired) electrons. The summed E-state index contributed by atoms with van der Waals surface area (Å²) in [4.78, 5) is 30.1. The van der Waals surface area contributed by atoms with E-state index >= 15 is 0 Å². The number of hydrogen-bond acceptors (Lipinski definition) is 3. The maximum absolute atomic E-state index is 11.8. The summed E-state index contributed by atoms with van der Waals surface area (Å²) in [6.07, 6.45) is 0. The third kappa shape index (κ3) is 2.93. The summed E-state index contributed by atoms with van der Waals surface area (Å²) < 4.78 is 0. The van der Waals surface area contributed by atoms with Gasteiger partial charge in [-0.05, 0) is 44.5 Å². The highest BCUT2D eigenvalue weighted by molar-refractivity contribution is 5.89. The Bertz CT molecular complexity index is 712. The minimum absolute atomic E-state index is 0.235. The van der Waals surface area contributed by atoms with Gasteiger partial charge in [0.1, 0.15) is 5.69 Å². The number of pyridine rings is 2. The zero-order chi connectivity index (χ0) is 14.9. The Hall–Kier alpha value is -2.43. The highest BCUT2D eigenvalue weighted by Crippen LogP contribution is 2.23. The molecule has 5 nitrogen and oxygen atoms in total. The van der Waals surface area contributed by atoms with Crippen molar-refractivity contribution in [3.8, 4) is 11.3 Å². The van der Waals surface area contributed by atoms with Crippen molar-refractivity contribution in [3.05, 3.63) is 45.5 Å². The lowest BCUT2D eigenvalue weighted by Gasteiger charge is -2.10. The fourth-order valence-electron chi connectivity index (χ4n) is 2.15. The van der Waals surface area contributed by atoms with Gasteiger partial charge in [-0.25, -0.2) is 0 Å². The van der Waals surface area contributed by atoms with Crippen LogP contribution >= 0.6 is 0 Å². The van der Waals surface area contributed by atoms with Crippen molar-refractivity contribution in [1.82, 2.24) is 9.97 Å². The van der Waals surface area contributed by atoms with Crippen LogP contribution in [0.25, 0.3) is 11.3 Å². The maximum Gasteiger partial charge on any atom is 0.271 e. The van der Waals surface area contributed by atoms with Gasteiger partial charge in [0.05, 0.1) is 5.69 Å². The number of H-pyrrole nitrogens is 1. The van der Waals surface area contributed by atoms with E-state index in [0.29, 0.717) is 0 Å². The Morgan fingerprint density at radius 3 is 2.50 bits per heavy atom.